The van der Waals surface area contributed by atoms with E-state index in [0.29, 0.717) is 0 Å². The van der Waals surface area contributed by atoms with E-state index in [2.05, 4.69) is 0 Å². The van der Waals surface area contributed by atoms with Gasteiger partial charge in [0.05, 0.1) is 0 Å². The summed E-state index contributed by atoms with van der Waals surface area (Å²) in [5, 5.41) is 0. The molecule has 1 fully saturated rings. The molecule has 2 rings (SSSR count). The minimum absolute atomic E-state index is 0.238. The van der Waals surface area contributed by atoms with Crippen molar-refractivity contribution >= 4 is 5.97 Å². The second kappa shape index (κ2) is 8.18. The van der Waals surface area contributed by atoms with Crippen molar-refractivity contribution in [2.75, 3.05) is 0 Å². The maximum Gasteiger partial charge on any atom is 0.323 e. The summed E-state index contributed by atoms with van der Waals surface area (Å²) in [5.41, 5.74) is 7.17. The predicted molar refractivity (Wildman–Crippen MR) is 84.7 cm³/mol. The molecular weight excluding hydrogens is 262 g/mol. The monoisotopic (exact) mass is 289 g/mol. The van der Waals surface area contributed by atoms with Crippen LogP contribution in [0.4, 0.5) is 0 Å². The lowest BCUT2D eigenvalue weighted by molar-refractivity contribution is -0.151. The Hall–Kier alpha value is -1.35. The van der Waals surface area contributed by atoms with Crippen LogP contribution < -0.4 is 5.73 Å². The van der Waals surface area contributed by atoms with E-state index in [4.69, 9.17) is 10.5 Å². The van der Waals surface area contributed by atoms with E-state index in [1.54, 1.807) is 0 Å². The van der Waals surface area contributed by atoms with Crippen molar-refractivity contribution in [3.63, 3.8) is 0 Å². The van der Waals surface area contributed by atoms with Crippen LogP contribution >= 0.6 is 0 Å². The number of hydrogen-bond donors (Lipinski definition) is 1. The van der Waals surface area contributed by atoms with Crippen LogP contribution in [0, 0.1) is 5.92 Å². The Morgan fingerprint density at radius 2 is 1.67 bits per heavy atom. The van der Waals surface area contributed by atoms with E-state index in [1.807, 2.05) is 37.3 Å². The molecule has 0 aliphatic heterocycles. The molecule has 0 aromatic heterocycles. The van der Waals surface area contributed by atoms with Gasteiger partial charge in [0.1, 0.15) is 12.1 Å². The molecule has 21 heavy (non-hydrogen) atoms. The summed E-state index contributed by atoms with van der Waals surface area (Å²) in [4.78, 5) is 12.3. The summed E-state index contributed by atoms with van der Waals surface area (Å²) in [5.74, 6) is 0.0256. The Morgan fingerprint density at radius 3 is 2.29 bits per heavy atom. The van der Waals surface area contributed by atoms with Gasteiger partial charge in [0, 0.05) is 0 Å². The molecule has 0 amide bonds. The Bertz CT molecular complexity index is 424. The van der Waals surface area contributed by atoms with Gasteiger partial charge in [-0.25, -0.2) is 0 Å². The van der Waals surface area contributed by atoms with E-state index < -0.39 is 6.04 Å². The highest BCUT2D eigenvalue weighted by molar-refractivity contribution is 5.76. The van der Waals surface area contributed by atoms with Crippen LogP contribution in [0.3, 0.4) is 0 Å². The van der Waals surface area contributed by atoms with Gasteiger partial charge in [0.15, 0.2) is 0 Å². The second-order valence-corrected chi connectivity index (χ2v) is 6.12. The number of carbonyl (C=O) groups is 1. The summed E-state index contributed by atoms with van der Waals surface area (Å²) in [7, 11) is 0. The van der Waals surface area contributed by atoms with Gasteiger partial charge in [-0.15, -0.1) is 0 Å². The SMILES string of the molecule is CC(OC(=O)C(N)C1CCCCCCC1)c1ccccc1. The van der Waals surface area contributed by atoms with E-state index in [9.17, 15) is 4.79 Å². The summed E-state index contributed by atoms with van der Waals surface area (Å²) in [6.07, 6.45) is 8.07. The average molecular weight is 289 g/mol. The normalized spacial score (nSPS) is 20.1. The minimum atomic E-state index is -0.478. The molecule has 0 bridgehead atoms. The third kappa shape index (κ3) is 4.85. The zero-order valence-corrected chi connectivity index (χ0v) is 13.0. The van der Waals surface area contributed by atoms with Crippen molar-refractivity contribution in [1.29, 1.82) is 0 Å². The first-order chi connectivity index (χ1) is 10.2. The lowest BCUT2D eigenvalue weighted by Crippen LogP contribution is -2.40. The van der Waals surface area contributed by atoms with Crippen LogP contribution in [0.25, 0.3) is 0 Å². The topological polar surface area (TPSA) is 52.3 Å². The van der Waals surface area contributed by atoms with Gasteiger partial charge in [-0.1, -0.05) is 62.4 Å². The molecule has 3 heteroatoms. The van der Waals surface area contributed by atoms with Crippen molar-refractivity contribution in [3.05, 3.63) is 35.9 Å². The third-order valence-corrected chi connectivity index (χ3v) is 4.49. The fourth-order valence-electron chi connectivity index (χ4n) is 3.08. The maximum absolute atomic E-state index is 12.3. The Labute approximate surface area is 127 Å². The number of rotatable bonds is 4. The fourth-order valence-corrected chi connectivity index (χ4v) is 3.08. The van der Waals surface area contributed by atoms with E-state index in [0.717, 1.165) is 18.4 Å². The van der Waals surface area contributed by atoms with Crippen LogP contribution in [0.2, 0.25) is 0 Å². The van der Waals surface area contributed by atoms with Crippen LogP contribution in [-0.2, 0) is 9.53 Å². The molecule has 0 saturated heterocycles. The van der Waals surface area contributed by atoms with Gasteiger partial charge in [0.25, 0.3) is 0 Å². The van der Waals surface area contributed by atoms with Gasteiger partial charge in [-0.2, -0.15) is 0 Å². The van der Waals surface area contributed by atoms with Crippen LogP contribution in [0.5, 0.6) is 0 Å². The quantitative estimate of drug-likeness (QED) is 0.853. The number of ether oxygens (including phenoxy) is 1. The van der Waals surface area contributed by atoms with Crippen LogP contribution in [0.15, 0.2) is 30.3 Å². The minimum Gasteiger partial charge on any atom is -0.457 e. The number of nitrogens with two attached hydrogens (primary N) is 1. The van der Waals surface area contributed by atoms with Crippen molar-refractivity contribution in [1.82, 2.24) is 0 Å². The molecule has 1 aliphatic carbocycles. The van der Waals surface area contributed by atoms with Crippen LogP contribution in [0.1, 0.15) is 63.5 Å². The summed E-state index contributed by atoms with van der Waals surface area (Å²) in [6, 6.07) is 9.33. The van der Waals surface area contributed by atoms with Crippen molar-refractivity contribution in [2.45, 2.75) is 64.0 Å². The van der Waals surface area contributed by atoms with Crippen molar-refractivity contribution in [3.8, 4) is 0 Å². The molecule has 0 spiro atoms. The van der Waals surface area contributed by atoms with E-state index in [-0.39, 0.29) is 18.0 Å². The third-order valence-electron chi connectivity index (χ3n) is 4.49. The maximum atomic E-state index is 12.3. The predicted octanol–water partition coefficient (Wildman–Crippen LogP) is 3.98. The average Bonchev–Trinajstić information content (AvgIpc) is 2.47. The number of hydrogen-bond acceptors (Lipinski definition) is 3. The van der Waals surface area contributed by atoms with E-state index >= 15 is 0 Å². The second-order valence-electron chi connectivity index (χ2n) is 6.12. The van der Waals surface area contributed by atoms with Gasteiger partial charge in [0.2, 0.25) is 0 Å². The summed E-state index contributed by atoms with van der Waals surface area (Å²) >= 11 is 0. The highest BCUT2D eigenvalue weighted by Gasteiger charge is 2.27. The first-order valence-electron chi connectivity index (χ1n) is 8.19. The molecule has 1 aliphatic rings. The van der Waals surface area contributed by atoms with Crippen LogP contribution in [-0.4, -0.2) is 12.0 Å². The smallest absolute Gasteiger partial charge is 0.323 e. The highest BCUT2D eigenvalue weighted by atomic mass is 16.5. The molecule has 2 unspecified atom stereocenters. The van der Waals surface area contributed by atoms with Gasteiger partial charge >= 0.3 is 5.97 Å². The molecule has 1 aromatic carbocycles. The Morgan fingerprint density at radius 1 is 1.10 bits per heavy atom. The Kier molecular flexibility index (Phi) is 6.24. The number of carbonyl (C=O) groups excluding carboxylic acids is 1. The first kappa shape index (κ1) is 16.0. The molecule has 2 N–H and O–H groups in total. The molecule has 2 atom stereocenters. The van der Waals surface area contributed by atoms with Gasteiger partial charge in [-0.3, -0.25) is 4.79 Å². The largest absolute Gasteiger partial charge is 0.457 e. The standard InChI is InChI=1S/C18H27NO2/c1-14(15-10-8-5-9-11-15)21-18(20)17(19)16-12-6-3-2-4-7-13-16/h5,8-11,14,16-17H,2-4,6-7,12-13,19H2,1H3. The van der Waals surface area contributed by atoms with Crippen molar-refractivity contribution in [2.24, 2.45) is 11.7 Å². The molecule has 3 nitrogen and oxygen atoms in total. The zero-order valence-electron chi connectivity index (χ0n) is 13.0. The molecular formula is C18H27NO2. The summed E-state index contributed by atoms with van der Waals surface area (Å²) < 4.78 is 5.56. The van der Waals surface area contributed by atoms with Crippen molar-refractivity contribution < 1.29 is 9.53 Å². The summed E-state index contributed by atoms with van der Waals surface area (Å²) in [6.45, 7) is 1.90. The Balaban J connectivity index is 1.89. The van der Waals surface area contributed by atoms with Gasteiger partial charge < -0.3 is 10.5 Å². The molecule has 0 heterocycles. The van der Waals surface area contributed by atoms with Gasteiger partial charge in [-0.05, 0) is 31.2 Å². The first-order valence-corrected chi connectivity index (χ1v) is 8.19. The number of esters is 1. The fraction of sp³-hybridized carbons (Fsp3) is 0.611. The molecule has 1 saturated carbocycles. The highest BCUT2D eigenvalue weighted by Crippen LogP contribution is 2.26. The molecule has 1 aromatic rings. The zero-order chi connectivity index (χ0) is 15.1. The molecule has 116 valence electrons. The lowest BCUT2D eigenvalue weighted by atomic mass is 9.86. The lowest BCUT2D eigenvalue weighted by Gasteiger charge is -2.25. The number of benzene rings is 1. The molecule has 0 radical (unpaired) electrons. The van der Waals surface area contributed by atoms with E-state index in [1.165, 1.54) is 32.1 Å².